The zero-order chi connectivity index (χ0) is 10.9. The molecule has 82 valence electrons. The third-order valence-electron chi connectivity index (χ3n) is 2.73. The second-order valence-electron chi connectivity index (χ2n) is 4.06. The molecule has 0 radical (unpaired) electrons. The van der Waals surface area contributed by atoms with E-state index in [1.165, 1.54) is 12.1 Å². The third kappa shape index (κ3) is 2.01. The van der Waals surface area contributed by atoms with Crippen molar-refractivity contribution >= 4 is 0 Å². The Bertz CT molecular complexity index is 356. The van der Waals surface area contributed by atoms with E-state index < -0.39 is 11.6 Å². The second-order valence-corrected chi connectivity index (χ2v) is 4.06. The van der Waals surface area contributed by atoms with Gasteiger partial charge in [0.05, 0.1) is 19.8 Å². The Balaban J connectivity index is 2.16. The van der Waals surface area contributed by atoms with Crippen molar-refractivity contribution in [1.29, 1.82) is 0 Å². The van der Waals surface area contributed by atoms with Crippen LogP contribution >= 0.6 is 0 Å². The lowest BCUT2D eigenvalue weighted by Gasteiger charge is -2.40. The van der Waals surface area contributed by atoms with Crippen LogP contribution in [0.2, 0.25) is 0 Å². The van der Waals surface area contributed by atoms with Crippen LogP contribution in [-0.4, -0.2) is 24.9 Å². The van der Waals surface area contributed by atoms with Crippen LogP contribution in [0.1, 0.15) is 5.56 Å². The summed E-state index contributed by atoms with van der Waals surface area (Å²) in [4.78, 5) is 0. The van der Waals surface area contributed by atoms with Gasteiger partial charge in [-0.25, -0.2) is 8.78 Å². The van der Waals surface area contributed by atoms with Crippen molar-refractivity contribution in [2.45, 2.75) is 6.42 Å². The number of hydrogen-bond acceptors (Lipinski definition) is 2. The molecule has 1 saturated heterocycles. The standard InChI is InChI=1S/C11H12F2O2/c12-9-2-1-8(10(13)3-9)4-11(5-14)6-15-7-11/h1-3,14H,4-7H2. The molecule has 0 amide bonds. The van der Waals surface area contributed by atoms with Gasteiger partial charge in [-0.3, -0.25) is 0 Å². The van der Waals surface area contributed by atoms with Gasteiger partial charge in [-0.05, 0) is 18.1 Å². The highest BCUT2D eigenvalue weighted by Crippen LogP contribution is 2.31. The van der Waals surface area contributed by atoms with Gasteiger partial charge in [0.25, 0.3) is 0 Å². The summed E-state index contributed by atoms with van der Waals surface area (Å²) in [5, 5.41) is 9.17. The minimum atomic E-state index is -0.584. The van der Waals surface area contributed by atoms with Crippen molar-refractivity contribution in [1.82, 2.24) is 0 Å². The lowest BCUT2D eigenvalue weighted by molar-refractivity contribution is -0.136. The minimum Gasteiger partial charge on any atom is -0.396 e. The summed E-state index contributed by atoms with van der Waals surface area (Å²) in [6.07, 6.45) is 0.385. The molecule has 0 saturated carbocycles. The molecule has 0 unspecified atom stereocenters. The predicted octanol–water partition coefficient (Wildman–Crippen LogP) is 1.52. The van der Waals surface area contributed by atoms with Gasteiger partial charge in [-0.1, -0.05) is 6.07 Å². The molecule has 15 heavy (non-hydrogen) atoms. The molecule has 1 aliphatic rings. The fraction of sp³-hybridized carbons (Fsp3) is 0.455. The molecule has 1 heterocycles. The first kappa shape index (κ1) is 10.5. The first-order valence-corrected chi connectivity index (χ1v) is 4.78. The van der Waals surface area contributed by atoms with Crippen LogP contribution in [0.3, 0.4) is 0 Å². The van der Waals surface area contributed by atoms with Gasteiger partial charge < -0.3 is 9.84 Å². The molecule has 1 aromatic rings. The van der Waals surface area contributed by atoms with Gasteiger partial charge in [0, 0.05) is 11.5 Å². The maximum Gasteiger partial charge on any atom is 0.129 e. The van der Waals surface area contributed by atoms with E-state index in [4.69, 9.17) is 9.84 Å². The van der Waals surface area contributed by atoms with Gasteiger partial charge in [0.15, 0.2) is 0 Å². The molecule has 1 aliphatic heterocycles. The third-order valence-corrected chi connectivity index (χ3v) is 2.73. The summed E-state index contributed by atoms with van der Waals surface area (Å²) in [7, 11) is 0. The van der Waals surface area contributed by atoms with Crippen molar-refractivity contribution in [2.75, 3.05) is 19.8 Å². The Kier molecular flexibility index (Phi) is 2.71. The van der Waals surface area contributed by atoms with Gasteiger partial charge in [0.1, 0.15) is 11.6 Å². The maximum absolute atomic E-state index is 13.3. The van der Waals surface area contributed by atoms with Crippen LogP contribution < -0.4 is 0 Å². The number of ether oxygens (including phenoxy) is 1. The Morgan fingerprint density at radius 1 is 1.33 bits per heavy atom. The zero-order valence-electron chi connectivity index (χ0n) is 8.17. The summed E-state index contributed by atoms with van der Waals surface area (Å²) in [5.41, 5.74) is 0.0484. The summed E-state index contributed by atoms with van der Waals surface area (Å²) < 4.78 is 31.0. The van der Waals surface area contributed by atoms with Crippen molar-refractivity contribution < 1.29 is 18.6 Å². The Morgan fingerprint density at radius 3 is 2.53 bits per heavy atom. The van der Waals surface area contributed by atoms with Crippen LogP contribution in [-0.2, 0) is 11.2 Å². The minimum absolute atomic E-state index is 0.0379. The molecule has 1 fully saturated rings. The van der Waals surface area contributed by atoms with Crippen LogP contribution in [0.15, 0.2) is 18.2 Å². The van der Waals surface area contributed by atoms with E-state index in [2.05, 4.69) is 0 Å². The first-order chi connectivity index (χ1) is 7.15. The number of rotatable bonds is 3. The van der Waals surface area contributed by atoms with Crippen LogP contribution in [0.25, 0.3) is 0 Å². The van der Waals surface area contributed by atoms with Crippen molar-refractivity contribution in [2.24, 2.45) is 5.41 Å². The number of hydrogen-bond donors (Lipinski definition) is 1. The van der Waals surface area contributed by atoms with Gasteiger partial charge in [-0.2, -0.15) is 0 Å². The van der Waals surface area contributed by atoms with Gasteiger partial charge in [0.2, 0.25) is 0 Å². The molecule has 1 aromatic carbocycles. The first-order valence-electron chi connectivity index (χ1n) is 4.78. The fourth-order valence-electron chi connectivity index (χ4n) is 1.71. The summed E-state index contributed by atoms with van der Waals surface area (Å²) in [6.45, 7) is 0.824. The normalized spacial score (nSPS) is 18.6. The summed E-state index contributed by atoms with van der Waals surface area (Å²) in [6, 6.07) is 3.50. The molecule has 4 heteroatoms. The van der Waals surface area contributed by atoms with E-state index in [-0.39, 0.29) is 12.0 Å². The quantitative estimate of drug-likeness (QED) is 0.826. The Hall–Kier alpha value is -1.00. The molecular weight excluding hydrogens is 202 g/mol. The Morgan fingerprint density at radius 2 is 2.07 bits per heavy atom. The molecule has 0 spiro atoms. The molecule has 2 rings (SSSR count). The van der Waals surface area contributed by atoms with E-state index >= 15 is 0 Å². The van der Waals surface area contributed by atoms with Gasteiger partial charge in [-0.15, -0.1) is 0 Å². The van der Waals surface area contributed by atoms with Crippen molar-refractivity contribution in [3.63, 3.8) is 0 Å². The SMILES string of the molecule is OCC1(Cc2ccc(F)cc2F)COC1. The van der Waals surface area contributed by atoms with Crippen LogP contribution in [0.5, 0.6) is 0 Å². The number of aliphatic hydroxyl groups excluding tert-OH is 1. The second kappa shape index (κ2) is 3.87. The topological polar surface area (TPSA) is 29.5 Å². The Labute approximate surface area is 86.5 Å². The largest absolute Gasteiger partial charge is 0.396 e. The van der Waals surface area contributed by atoms with Gasteiger partial charge >= 0.3 is 0 Å². The van der Waals surface area contributed by atoms with Crippen molar-refractivity contribution in [3.05, 3.63) is 35.4 Å². The summed E-state index contributed by atoms with van der Waals surface area (Å²) >= 11 is 0. The molecule has 0 aromatic heterocycles. The average molecular weight is 214 g/mol. The van der Waals surface area contributed by atoms with E-state index in [1.807, 2.05) is 0 Å². The summed E-state index contributed by atoms with van der Waals surface area (Å²) in [5.74, 6) is -1.14. The van der Waals surface area contributed by atoms with E-state index in [9.17, 15) is 8.78 Å². The molecule has 0 atom stereocenters. The molecular formula is C11H12F2O2. The number of benzene rings is 1. The fourth-order valence-corrected chi connectivity index (χ4v) is 1.71. The smallest absolute Gasteiger partial charge is 0.129 e. The number of halogens is 2. The highest BCUT2D eigenvalue weighted by Gasteiger charge is 2.38. The molecule has 0 aliphatic carbocycles. The van der Waals surface area contributed by atoms with Crippen molar-refractivity contribution in [3.8, 4) is 0 Å². The lowest BCUT2D eigenvalue weighted by atomic mass is 9.80. The van der Waals surface area contributed by atoms with E-state index in [0.29, 0.717) is 25.2 Å². The number of aliphatic hydroxyl groups is 1. The highest BCUT2D eigenvalue weighted by atomic mass is 19.1. The monoisotopic (exact) mass is 214 g/mol. The van der Waals surface area contributed by atoms with E-state index in [0.717, 1.165) is 6.07 Å². The molecule has 2 nitrogen and oxygen atoms in total. The van der Waals surface area contributed by atoms with Crippen LogP contribution in [0, 0.1) is 17.0 Å². The molecule has 1 N–H and O–H groups in total. The molecule has 0 bridgehead atoms. The zero-order valence-corrected chi connectivity index (χ0v) is 8.17. The van der Waals surface area contributed by atoms with E-state index in [1.54, 1.807) is 0 Å². The average Bonchev–Trinajstić information content (AvgIpc) is 2.14. The maximum atomic E-state index is 13.3. The predicted molar refractivity (Wildman–Crippen MR) is 50.4 cm³/mol. The highest BCUT2D eigenvalue weighted by molar-refractivity contribution is 5.20. The van der Waals surface area contributed by atoms with Crippen LogP contribution in [0.4, 0.5) is 8.78 Å². The lowest BCUT2D eigenvalue weighted by Crippen LogP contribution is -2.47.